The first-order chi connectivity index (χ1) is 13.6. The van der Waals surface area contributed by atoms with E-state index < -0.39 is 0 Å². The van der Waals surface area contributed by atoms with Crippen LogP contribution in [-0.2, 0) is 4.79 Å². The number of rotatable bonds is 4. The Balaban J connectivity index is 1.31. The second-order valence-corrected chi connectivity index (χ2v) is 7.63. The number of hydrogen-bond acceptors (Lipinski definition) is 5. The number of benzene rings is 2. The van der Waals surface area contributed by atoms with Gasteiger partial charge in [-0.1, -0.05) is 23.7 Å². The molecule has 28 heavy (non-hydrogen) atoms. The summed E-state index contributed by atoms with van der Waals surface area (Å²) in [4.78, 5) is 17.2. The Morgan fingerprint density at radius 3 is 2.32 bits per heavy atom. The zero-order chi connectivity index (χ0) is 19.5. The fourth-order valence-corrected chi connectivity index (χ4v) is 3.96. The van der Waals surface area contributed by atoms with Crippen molar-refractivity contribution < 1.29 is 9.53 Å². The van der Waals surface area contributed by atoms with Crippen molar-refractivity contribution in [2.24, 2.45) is 0 Å². The van der Waals surface area contributed by atoms with Gasteiger partial charge in [0.2, 0.25) is 5.91 Å². The van der Waals surface area contributed by atoms with Crippen LogP contribution < -0.4 is 20.5 Å². The number of hydrazine groups is 1. The van der Waals surface area contributed by atoms with E-state index in [1.54, 1.807) is 7.11 Å². The molecule has 2 unspecified atom stereocenters. The van der Waals surface area contributed by atoms with Crippen molar-refractivity contribution in [1.82, 2.24) is 15.8 Å². The Kier molecular flexibility index (Phi) is 5.71. The fraction of sp³-hybridized carbons (Fsp3) is 0.381. The molecule has 2 atom stereocenters. The number of nitrogens with zero attached hydrogens (tertiary/aromatic N) is 2. The van der Waals surface area contributed by atoms with Gasteiger partial charge in [-0.25, -0.2) is 10.9 Å². The predicted octanol–water partition coefficient (Wildman–Crippen LogP) is 2.61. The zero-order valence-corrected chi connectivity index (χ0v) is 16.7. The summed E-state index contributed by atoms with van der Waals surface area (Å²) in [6.45, 7) is 3.12. The summed E-state index contributed by atoms with van der Waals surface area (Å²) in [7, 11) is 1.66. The molecule has 0 aliphatic carbocycles. The van der Waals surface area contributed by atoms with Crippen molar-refractivity contribution in [1.29, 1.82) is 0 Å². The third-order valence-electron chi connectivity index (χ3n) is 5.50. The lowest BCUT2D eigenvalue weighted by molar-refractivity contribution is -0.133. The molecular formula is C21H25ClN4O2. The molecule has 2 saturated heterocycles. The summed E-state index contributed by atoms with van der Waals surface area (Å²) in [6.07, 6.45) is 0.739. The number of methoxy groups -OCH3 is 1. The number of amides is 1. The first kappa shape index (κ1) is 19.1. The molecule has 0 saturated carbocycles. The first-order valence-electron chi connectivity index (χ1n) is 9.58. The molecule has 2 aliphatic heterocycles. The molecular weight excluding hydrogens is 376 g/mol. The summed E-state index contributed by atoms with van der Waals surface area (Å²) < 4.78 is 5.21. The minimum atomic E-state index is -0.200. The van der Waals surface area contributed by atoms with Crippen LogP contribution in [0.3, 0.4) is 0 Å². The van der Waals surface area contributed by atoms with E-state index in [-0.39, 0.29) is 18.0 Å². The van der Waals surface area contributed by atoms with Crippen molar-refractivity contribution in [3.63, 3.8) is 0 Å². The zero-order valence-electron chi connectivity index (χ0n) is 15.9. The topological polar surface area (TPSA) is 56.8 Å². The molecule has 0 spiro atoms. The molecule has 0 aromatic heterocycles. The van der Waals surface area contributed by atoms with Crippen LogP contribution in [0.5, 0.6) is 5.75 Å². The highest BCUT2D eigenvalue weighted by molar-refractivity contribution is 6.30. The average Bonchev–Trinajstić information content (AvgIpc) is 3.24. The van der Waals surface area contributed by atoms with E-state index in [0.29, 0.717) is 0 Å². The van der Waals surface area contributed by atoms with Crippen molar-refractivity contribution >= 4 is 23.2 Å². The van der Waals surface area contributed by atoms with Gasteiger partial charge < -0.3 is 14.5 Å². The summed E-state index contributed by atoms with van der Waals surface area (Å²) in [5.74, 6) is 1.00. The molecule has 7 heteroatoms. The van der Waals surface area contributed by atoms with Gasteiger partial charge >= 0.3 is 0 Å². The third-order valence-corrected chi connectivity index (χ3v) is 5.75. The third kappa shape index (κ3) is 4.09. The Hall–Kier alpha value is -2.28. The number of carbonyl (C=O) groups excluding carboxylic acids is 1. The normalized spacial score (nSPS) is 22.4. The molecule has 2 N–H and O–H groups in total. The van der Waals surface area contributed by atoms with Crippen LogP contribution in [0.4, 0.5) is 5.69 Å². The van der Waals surface area contributed by atoms with Gasteiger partial charge in [-0.15, -0.1) is 0 Å². The maximum Gasteiger partial charge on any atom is 0.241 e. The van der Waals surface area contributed by atoms with Crippen LogP contribution in [0, 0.1) is 0 Å². The molecule has 1 amide bonds. The Morgan fingerprint density at radius 1 is 1.00 bits per heavy atom. The van der Waals surface area contributed by atoms with Crippen LogP contribution in [0.1, 0.15) is 18.0 Å². The highest BCUT2D eigenvalue weighted by Gasteiger charge is 2.34. The first-order valence-corrected chi connectivity index (χ1v) is 9.96. The molecule has 2 aliphatic rings. The monoisotopic (exact) mass is 400 g/mol. The van der Waals surface area contributed by atoms with Crippen molar-refractivity contribution in [2.75, 3.05) is 38.2 Å². The Bertz CT molecular complexity index is 804. The van der Waals surface area contributed by atoms with Gasteiger partial charge in [0.25, 0.3) is 0 Å². The summed E-state index contributed by atoms with van der Waals surface area (Å²) >= 11 is 5.97. The maximum absolute atomic E-state index is 12.9. The average molecular weight is 401 g/mol. The number of halogens is 1. The summed E-state index contributed by atoms with van der Waals surface area (Å²) in [5.41, 5.74) is 8.74. The second-order valence-electron chi connectivity index (χ2n) is 7.19. The highest BCUT2D eigenvalue weighted by atomic mass is 35.5. The predicted molar refractivity (Wildman–Crippen MR) is 111 cm³/mol. The quantitative estimate of drug-likeness (QED) is 0.826. The molecule has 2 aromatic carbocycles. The largest absolute Gasteiger partial charge is 0.497 e. The SMILES string of the molecule is COc1ccc(C2CC(C(=O)N3CCN(c4ccc(Cl)cc4)CC3)NN2)cc1. The number of anilines is 1. The van der Waals surface area contributed by atoms with Gasteiger partial charge in [0.1, 0.15) is 11.8 Å². The van der Waals surface area contributed by atoms with Gasteiger partial charge in [-0.05, 0) is 48.4 Å². The number of ether oxygens (including phenoxy) is 1. The van der Waals surface area contributed by atoms with Crippen LogP contribution in [-0.4, -0.2) is 50.1 Å². The number of hydrogen-bond donors (Lipinski definition) is 2. The standard InChI is InChI=1S/C21H25ClN4O2/c1-28-18-8-2-15(3-9-18)19-14-20(24-23-19)21(27)26-12-10-25(11-13-26)17-6-4-16(22)5-7-17/h2-9,19-20,23-24H,10-14H2,1H3. The molecule has 0 bridgehead atoms. The van der Waals surface area contributed by atoms with Crippen molar-refractivity contribution in [3.05, 3.63) is 59.1 Å². The Morgan fingerprint density at radius 2 is 1.68 bits per heavy atom. The van der Waals surface area contributed by atoms with E-state index in [1.165, 1.54) is 0 Å². The molecule has 0 radical (unpaired) electrons. The van der Waals surface area contributed by atoms with Gasteiger partial charge in [-0.2, -0.15) is 0 Å². The van der Waals surface area contributed by atoms with Gasteiger partial charge in [0, 0.05) is 42.9 Å². The number of carbonyl (C=O) groups is 1. The van der Waals surface area contributed by atoms with E-state index in [4.69, 9.17) is 16.3 Å². The van der Waals surface area contributed by atoms with Crippen LogP contribution in [0.2, 0.25) is 5.02 Å². The maximum atomic E-state index is 12.9. The van der Waals surface area contributed by atoms with Crippen LogP contribution in [0.15, 0.2) is 48.5 Å². The van der Waals surface area contributed by atoms with E-state index in [1.807, 2.05) is 53.4 Å². The molecule has 2 fully saturated rings. The molecule has 2 aromatic rings. The van der Waals surface area contributed by atoms with E-state index in [0.717, 1.165) is 54.6 Å². The van der Waals surface area contributed by atoms with Gasteiger partial charge in [0.15, 0.2) is 0 Å². The number of nitrogens with one attached hydrogen (secondary N) is 2. The van der Waals surface area contributed by atoms with E-state index >= 15 is 0 Å². The van der Waals surface area contributed by atoms with E-state index in [9.17, 15) is 4.79 Å². The highest BCUT2D eigenvalue weighted by Crippen LogP contribution is 2.26. The summed E-state index contributed by atoms with van der Waals surface area (Å²) in [6, 6.07) is 15.8. The number of piperazine rings is 1. The lowest BCUT2D eigenvalue weighted by Gasteiger charge is -2.37. The van der Waals surface area contributed by atoms with Crippen LogP contribution >= 0.6 is 11.6 Å². The minimum absolute atomic E-state index is 0.121. The molecule has 6 nitrogen and oxygen atoms in total. The lowest BCUT2D eigenvalue weighted by Crippen LogP contribution is -2.53. The fourth-order valence-electron chi connectivity index (χ4n) is 3.83. The molecule has 148 valence electrons. The lowest BCUT2D eigenvalue weighted by atomic mass is 10.0. The van der Waals surface area contributed by atoms with Crippen molar-refractivity contribution in [2.45, 2.75) is 18.5 Å². The van der Waals surface area contributed by atoms with Gasteiger partial charge in [0.05, 0.1) is 7.11 Å². The molecule has 4 rings (SSSR count). The Labute approximate surface area is 170 Å². The van der Waals surface area contributed by atoms with Gasteiger partial charge in [-0.3, -0.25) is 4.79 Å². The van der Waals surface area contributed by atoms with Crippen LogP contribution in [0.25, 0.3) is 0 Å². The minimum Gasteiger partial charge on any atom is -0.497 e. The van der Waals surface area contributed by atoms with Crippen molar-refractivity contribution in [3.8, 4) is 5.75 Å². The van der Waals surface area contributed by atoms with E-state index in [2.05, 4.69) is 15.8 Å². The second kappa shape index (κ2) is 8.39. The summed E-state index contributed by atoms with van der Waals surface area (Å²) in [5, 5.41) is 0.740. The smallest absolute Gasteiger partial charge is 0.241 e. The molecule has 2 heterocycles.